The Balaban J connectivity index is 1.14. The molecule has 0 aliphatic heterocycles. The first-order valence-corrected chi connectivity index (χ1v) is 16.3. The maximum Gasteiger partial charge on any atom is 0.407 e. The van der Waals surface area contributed by atoms with E-state index >= 15 is 0 Å². The van der Waals surface area contributed by atoms with E-state index in [1.54, 1.807) is 0 Å². The molecule has 46 heavy (non-hydrogen) atoms. The summed E-state index contributed by atoms with van der Waals surface area (Å²) in [5, 5.41) is 21.4. The van der Waals surface area contributed by atoms with Crippen molar-refractivity contribution in [1.82, 2.24) is 20.3 Å². The summed E-state index contributed by atoms with van der Waals surface area (Å²) >= 11 is 0. The lowest BCUT2D eigenvalue weighted by Gasteiger charge is -2.14. The number of carbonyl (C=O) groups is 2. The maximum absolute atomic E-state index is 12.4. The molecule has 0 radical (unpaired) electrons. The van der Waals surface area contributed by atoms with E-state index in [2.05, 4.69) is 66.4 Å². The second kappa shape index (κ2) is 18.8. The molecule has 0 bridgehead atoms. The van der Waals surface area contributed by atoms with E-state index in [-0.39, 0.29) is 12.3 Å². The van der Waals surface area contributed by atoms with Crippen molar-refractivity contribution in [2.24, 2.45) is 0 Å². The van der Waals surface area contributed by atoms with E-state index in [1.165, 1.54) is 22.3 Å². The molecule has 3 aromatic rings. The van der Waals surface area contributed by atoms with Gasteiger partial charge in [0.15, 0.2) is 0 Å². The van der Waals surface area contributed by atoms with Crippen LogP contribution in [0.2, 0.25) is 0 Å². The number of nitrogens with zero attached hydrogens (tertiary/aromatic N) is 3. The second-order valence-electron chi connectivity index (χ2n) is 11.3. The van der Waals surface area contributed by atoms with Crippen molar-refractivity contribution in [1.29, 1.82) is 0 Å². The predicted octanol–water partition coefficient (Wildman–Crippen LogP) is 6.26. The molecule has 0 unspecified atom stereocenters. The van der Waals surface area contributed by atoms with Gasteiger partial charge in [0.25, 0.3) is 0 Å². The number of hydrogen-bond acceptors (Lipinski definition) is 9. The summed E-state index contributed by atoms with van der Waals surface area (Å²) in [6, 6.07) is 16.6. The Bertz CT molecular complexity index is 1410. The highest BCUT2D eigenvalue weighted by Crippen LogP contribution is 2.44. The van der Waals surface area contributed by atoms with Crippen LogP contribution in [0.5, 0.6) is 0 Å². The lowest BCUT2D eigenvalue weighted by molar-refractivity contribution is -0.137. The summed E-state index contributed by atoms with van der Waals surface area (Å²) in [5.41, 5.74) is 4.81. The highest BCUT2D eigenvalue weighted by molar-refractivity contribution is 5.79. The standard InChI is InChI=1S/C35H45N7O4/c1-2-3-4-12-21-36-32-40-33(37-22-13-5-7-20-31(43)44)42-34(41-32)38-23-14-6-15-24-39-35(45)46-25-30-28-18-10-8-16-26(28)27-17-9-11-19-29(27)30/h1,8-11,16-19,30H,3-7,12-15,20-25H2,(H,39,45)(H,43,44)(H3,36,37,38,40,41,42). The third-order valence-corrected chi connectivity index (χ3v) is 7.77. The zero-order valence-electron chi connectivity index (χ0n) is 26.4. The van der Waals surface area contributed by atoms with Crippen molar-refractivity contribution in [2.45, 2.75) is 70.1 Å². The molecular weight excluding hydrogens is 582 g/mol. The number of terminal acetylenes is 1. The van der Waals surface area contributed by atoms with Crippen LogP contribution < -0.4 is 21.3 Å². The number of fused-ring (bicyclic) bond motifs is 3. The number of aliphatic carboxylic acids is 1. The van der Waals surface area contributed by atoms with Crippen LogP contribution in [0.25, 0.3) is 11.1 Å². The minimum Gasteiger partial charge on any atom is -0.481 e. The van der Waals surface area contributed by atoms with Crippen LogP contribution in [-0.4, -0.2) is 64.9 Å². The number of alkyl carbamates (subject to hydrolysis) is 1. The molecule has 2 aromatic carbocycles. The molecule has 5 N–H and O–H groups in total. The fourth-order valence-electron chi connectivity index (χ4n) is 5.41. The molecule has 11 nitrogen and oxygen atoms in total. The number of unbranched alkanes of at least 4 members (excludes halogenated alkanes) is 6. The molecule has 244 valence electrons. The monoisotopic (exact) mass is 627 g/mol. The van der Waals surface area contributed by atoms with Crippen molar-refractivity contribution in [3.8, 4) is 23.5 Å². The van der Waals surface area contributed by atoms with Crippen LogP contribution in [0.4, 0.5) is 22.6 Å². The second-order valence-corrected chi connectivity index (χ2v) is 11.3. The predicted molar refractivity (Wildman–Crippen MR) is 181 cm³/mol. The van der Waals surface area contributed by atoms with Gasteiger partial charge in [0, 0.05) is 44.9 Å². The number of nitrogens with one attached hydrogen (secondary N) is 4. The summed E-state index contributed by atoms with van der Waals surface area (Å²) in [7, 11) is 0. The van der Waals surface area contributed by atoms with Gasteiger partial charge in [0.05, 0.1) is 0 Å². The largest absolute Gasteiger partial charge is 0.481 e. The van der Waals surface area contributed by atoms with Crippen LogP contribution in [-0.2, 0) is 9.53 Å². The van der Waals surface area contributed by atoms with Gasteiger partial charge in [0.2, 0.25) is 17.8 Å². The third kappa shape index (κ3) is 10.9. The van der Waals surface area contributed by atoms with Gasteiger partial charge in [-0.15, -0.1) is 12.3 Å². The van der Waals surface area contributed by atoms with Gasteiger partial charge in [-0.2, -0.15) is 15.0 Å². The van der Waals surface area contributed by atoms with E-state index in [9.17, 15) is 9.59 Å². The van der Waals surface area contributed by atoms with Crippen molar-refractivity contribution < 1.29 is 19.4 Å². The summed E-state index contributed by atoms with van der Waals surface area (Å²) in [6.45, 7) is 2.86. The number of carboxylic acids is 1. The fourth-order valence-corrected chi connectivity index (χ4v) is 5.41. The Kier molecular flexibility index (Phi) is 13.9. The average Bonchev–Trinajstić information content (AvgIpc) is 3.38. The van der Waals surface area contributed by atoms with Crippen LogP contribution in [0.1, 0.15) is 81.3 Å². The van der Waals surface area contributed by atoms with E-state index in [1.807, 2.05) is 24.3 Å². The van der Waals surface area contributed by atoms with Gasteiger partial charge in [0.1, 0.15) is 6.61 Å². The van der Waals surface area contributed by atoms with E-state index in [0.29, 0.717) is 57.1 Å². The summed E-state index contributed by atoms with van der Waals surface area (Å²) in [4.78, 5) is 36.6. The summed E-state index contributed by atoms with van der Waals surface area (Å²) < 4.78 is 5.62. The van der Waals surface area contributed by atoms with Gasteiger partial charge in [-0.3, -0.25) is 4.79 Å². The fraction of sp³-hybridized carbons (Fsp3) is 0.457. The van der Waals surface area contributed by atoms with Crippen LogP contribution >= 0.6 is 0 Å². The Morgan fingerprint density at radius 1 is 0.717 bits per heavy atom. The molecule has 1 aromatic heterocycles. The van der Waals surface area contributed by atoms with E-state index in [4.69, 9.17) is 16.3 Å². The number of carbonyl (C=O) groups excluding carboxylic acids is 1. The molecule has 0 fully saturated rings. The molecule has 1 aliphatic carbocycles. The Labute approximate surface area is 271 Å². The van der Waals surface area contributed by atoms with Crippen LogP contribution in [0.3, 0.4) is 0 Å². The number of ether oxygens (including phenoxy) is 1. The topological polar surface area (TPSA) is 150 Å². The minimum absolute atomic E-state index is 0.0448. The third-order valence-electron chi connectivity index (χ3n) is 7.77. The van der Waals surface area contributed by atoms with Crippen LogP contribution in [0, 0.1) is 12.3 Å². The zero-order valence-corrected chi connectivity index (χ0v) is 26.4. The molecule has 0 saturated carbocycles. The van der Waals surface area contributed by atoms with Crippen molar-refractivity contribution in [3.63, 3.8) is 0 Å². The Morgan fingerprint density at radius 3 is 1.76 bits per heavy atom. The molecule has 0 atom stereocenters. The lowest BCUT2D eigenvalue weighted by Crippen LogP contribution is -2.27. The number of carboxylic acid groups (broad SMARTS) is 1. The van der Waals surface area contributed by atoms with Crippen LogP contribution in [0.15, 0.2) is 48.5 Å². The van der Waals surface area contributed by atoms with Gasteiger partial charge < -0.3 is 31.1 Å². The van der Waals surface area contributed by atoms with Gasteiger partial charge in [-0.1, -0.05) is 55.0 Å². The van der Waals surface area contributed by atoms with Gasteiger partial charge in [-0.05, 0) is 67.2 Å². The van der Waals surface area contributed by atoms with Gasteiger partial charge in [-0.25, -0.2) is 4.79 Å². The van der Waals surface area contributed by atoms with E-state index < -0.39 is 12.1 Å². The Hall–Kier alpha value is -4.85. The SMILES string of the molecule is C#CCCCCNc1nc(NCCCCCNC(=O)OCC2c3ccccc3-c3ccccc32)nc(NCCCCCC(=O)O)n1. The van der Waals surface area contributed by atoms with Crippen molar-refractivity contribution >= 4 is 29.9 Å². The highest BCUT2D eigenvalue weighted by atomic mass is 16.5. The highest BCUT2D eigenvalue weighted by Gasteiger charge is 2.28. The lowest BCUT2D eigenvalue weighted by atomic mass is 9.98. The normalized spacial score (nSPS) is 11.6. The molecule has 11 heteroatoms. The Morgan fingerprint density at radius 2 is 1.22 bits per heavy atom. The minimum atomic E-state index is -0.772. The first-order valence-electron chi connectivity index (χ1n) is 16.3. The van der Waals surface area contributed by atoms with Crippen molar-refractivity contribution in [3.05, 3.63) is 59.7 Å². The molecule has 0 saturated heterocycles. The maximum atomic E-state index is 12.4. The summed E-state index contributed by atoms with van der Waals surface area (Å²) in [6.07, 6.45) is 12.6. The summed E-state index contributed by atoms with van der Waals surface area (Å²) in [5.74, 6) is 3.35. The quantitative estimate of drug-likeness (QED) is 0.0676. The first-order chi connectivity index (χ1) is 22.5. The number of anilines is 3. The molecule has 1 aliphatic rings. The molecule has 4 rings (SSSR count). The molecule has 0 spiro atoms. The smallest absolute Gasteiger partial charge is 0.407 e. The number of rotatable bonds is 21. The molecular formula is C35H45N7O4. The van der Waals surface area contributed by atoms with Crippen molar-refractivity contribution in [2.75, 3.05) is 48.7 Å². The molecule has 1 heterocycles. The van der Waals surface area contributed by atoms with E-state index in [0.717, 1.165) is 51.4 Å². The number of hydrogen-bond donors (Lipinski definition) is 5. The zero-order chi connectivity index (χ0) is 32.4. The number of amides is 1. The number of aromatic nitrogens is 3. The first kappa shape index (κ1) is 34.0. The number of benzene rings is 2. The molecule has 1 amide bonds. The average molecular weight is 628 g/mol. The van der Waals surface area contributed by atoms with Gasteiger partial charge >= 0.3 is 12.1 Å².